The minimum atomic E-state index is -0.629. The van der Waals surface area contributed by atoms with Gasteiger partial charge in [0.1, 0.15) is 16.5 Å². The number of rotatable bonds is 10. The minimum Gasteiger partial charge on any atom is -0.345 e. The maximum atomic E-state index is 14.8. The number of hydrazone groups is 1. The van der Waals surface area contributed by atoms with E-state index in [4.69, 9.17) is 16.6 Å². The summed E-state index contributed by atoms with van der Waals surface area (Å²) in [6.07, 6.45) is 8.10. The van der Waals surface area contributed by atoms with Crippen molar-refractivity contribution in [2.75, 3.05) is 6.54 Å². The van der Waals surface area contributed by atoms with Crippen molar-refractivity contribution in [2.24, 2.45) is 21.4 Å². The molecule has 6 rings (SSSR count). The van der Waals surface area contributed by atoms with Crippen molar-refractivity contribution in [3.8, 4) is 11.1 Å². The second kappa shape index (κ2) is 14.1. The van der Waals surface area contributed by atoms with Crippen LogP contribution in [0, 0.1) is 11.3 Å². The van der Waals surface area contributed by atoms with Crippen LogP contribution in [0.5, 0.6) is 0 Å². The quantitative estimate of drug-likeness (QED) is 0.182. The number of hydrogen-bond acceptors (Lipinski definition) is 8. The number of benzene rings is 2. The fourth-order valence-corrected chi connectivity index (χ4v) is 7.41. The van der Waals surface area contributed by atoms with E-state index in [-0.39, 0.29) is 29.8 Å². The SMILES string of the molecule is CCCC[C@H](c1ccc(C(=O)NCC2=NNNN2)cc1)N1C(=O)C(c2cccc(-c3ccnc(Cl)c3)c2)=NC12CCC(C(C)(C)C)CC2. The van der Waals surface area contributed by atoms with Crippen molar-refractivity contribution in [3.05, 3.63) is 88.7 Å². The Labute approximate surface area is 287 Å². The number of amidine groups is 1. The van der Waals surface area contributed by atoms with Gasteiger partial charge in [-0.3, -0.25) is 20.0 Å². The van der Waals surface area contributed by atoms with Gasteiger partial charge in [-0.2, -0.15) is 0 Å². The van der Waals surface area contributed by atoms with E-state index in [0.29, 0.717) is 28.2 Å². The fraction of sp³-hybridized carbons (Fsp3) is 0.432. The zero-order chi connectivity index (χ0) is 33.9. The third-order valence-electron chi connectivity index (χ3n) is 9.97. The summed E-state index contributed by atoms with van der Waals surface area (Å²) >= 11 is 6.22. The number of aliphatic imine (C=N–C) groups is 1. The van der Waals surface area contributed by atoms with E-state index in [2.05, 4.69) is 64.5 Å². The van der Waals surface area contributed by atoms with Crippen LogP contribution in [0.15, 0.2) is 77.0 Å². The second-order valence-electron chi connectivity index (χ2n) is 14.1. The number of aromatic nitrogens is 1. The first kappa shape index (κ1) is 33.6. The summed E-state index contributed by atoms with van der Waals surface area (Å²) in [4.78, 5) is 39.4. The number of amides is 2. The smallest absolute Gasteiger partial charge is 0.275 e. The minimum absolute atomic E-state index is 0.0379. The van der Waals surface area contributed by atoms with Crippen LogP contribution in [0.2, 0.25) is 5.15 Å². The van der Waals surface area contributed by atoms with E-state index >= 15 is 0 Å². The summed E-state index contributed by atoms with van der Waals surface area (Å²) in [6, 6.07) is 19.3. The van der Waals surface area contributed by atoms with Crippen molar-refractivity contribution in [1.82, 2.24) is 31.7 Å². The monoisotopic (exact) mass is 668 g/mol. The average Bonchev–Trinajstić information content (AvgIpc) is 3.70. The normalized spacial score (nSPS) is 21.4. The van der Waals surface area contributed by atoms with E-state index in [1.807, 2.05) is 60.7 Å². The number of carbonyl (C=O) groups is 2. The topological polar surface area (TPSA) is 123 Å². The predicted octanol–water partition coefficient (Wildman–Crippen LogP) is 6.55. The first-order valence-electron chi connectivity index (χ1n) is 16.9. The highest BCUT2D eigenvalue weighted by Crippen LogP contribution is 2.50. The molecule has 11 heteroatoms. The van der Waals surface area contributed by atoms with E-state index in [1.54, 1.807) is 6.20 Å². The fourth-order valence-electron chi connectivity index (χ4n) is 7.23. The summed E-state index contributed by atoms with van der Waals surface area (Å²) in [7, 11) is 0. The Morgan fingerprint density at radius 2 is 1.79 bits per heavy atom. The van der Waals surface area contributed by atoms with Crippen molar-refractivity contribution >= 4 is 35.0 Å². The molecule has 0 saturated heterocycles. The molecule has 1 fully saturated rings. The first-order chi connectivity index (χ1) is 23.1. The highest BCUT2D eigenvalue weighted by atomic mass is 35.5. The Bertz CT molecular complexity index is 1710. The number of carbonyl (C=O) groups excluding carboxylic acids is 2. The van der Waals surface area contributed by atoms with Crippen LogP contribution in [0.25, 0.3) is 11.1 Å². The van der Waals surface area contributed by atoms with Crippen molar-refractivity contribution in [1.29, 1.82) is 0 Å². The number of hydrogen-bond donors (Lipinski definition) is 4. The Morgan fingerprint density at radius 1 is 1.06 bits per heavy atom. The lowest BCUT2D eigenvalue weighted by Gasteiger charge is -2.47. The maximum Gasteiger partial charge on any atom is 0.275 e. The Hall–Kier alpha value is -4.28. The molecule has 252 valence electrons. The van der Waals surface area contributed by atoms with Gasteiger partial charge >= 0.3 is 0 Å². The predicted molar refractivity (Wildman–Crippen MR) is 190 cm³/mol. The molecule has 10 nitrogen and oxygen atoms in total. The molecule has 1 aromatic heterocycles. The Morgan fingerprint density at radius 3 is 2.46 bits per heavy atom. The van der Waals surface area contributed by atoms with Crippen LogP contribution >= 0.6 is 11.6 Å². The van der Waals surface area contributed by atoms with Gasteiger partial charge in [-0.1, -0.05) is 82.5 Å². The van der Waals surface area contributed by atoms with Crippen molar-refractivity contribution in [2.45, 2.75) is 84.3 Å². The van der Waals surface area contributed by atoms with Gasteiger partial charge in [-0.05, 0) is 90.5 Å². The standard InChI is InChI=1S/C37H45ClN8O2/c1-5-6-10-30(24-11-13-25(14-12-24)34(47)40-23-32-42-44-45-43-32)46-35(48)33(41-37(46)18-15-29(16-19-37)36(2,3)4)28-9-7-8-26(21-28)27-17-20-39-31(38)22-27/h7-9,11-14,17,20-22,29-30,44-45H,5-6,10,15-16,18-19,23H2,1-4H3,(H,40,47)(H,42,43)/t29?,30-,37?/m1/s1. The van der Waals surface area contributed by atoms with Gasteiger partial charge in [0.05, 0.1) is 12.6 Å². The Kier molecular flexibility index (Phi) is 9.85. The number of nitrogens with zero attached hydrogens (tertiary/aromatic N) is 4. The molecule has 1 saturated carbocycles. The molecule has 1 spiro atoms. The molecule has 4 N–H and O–H groups in total. The van der Waals surface area contributed by atoms with Crippen LogP contribution in [-0.2, 0) is 4.79 Å². The molecule has 3 aromatic rings. The van der Waals surface area contributed by atoms with Gasteiger partial charge < -0.3 is 10.2 Å². The number of unbranched alkanes of at least 4 members (excludes halogenated alkanes) is 1. The van der Waals surface area contributed by atoms with Gasteiger partial charge in [0.2, 0.25) is 0 Å². The number of halogens is 1. The molecule has 0 bridgehead atoms. The van der Waals surface area contributed by atoms with Gasteiger partial charge in [0.25, 0.3) is 11.8 Å². The summed E-state index contributed by atoms with van der Waals surface area (Å²) < 4.78 is 0. The molecule has 1 aliphatic carbocycles. The Balaban J connectivity index is 1.34. The van der Waals surface area contributed by atoms with Crippen LogP contribution in [-0.4, -0.2) is 45.5 Å². The van der Waals surface area contributed by atoms with Crippen LogP contribution in [0.4, 0.5) is 0 Å². The zero-order valence-corrected chi connectivity index (χ0v) is 28.9. The van der Waals surface area contributed by atoms with Gasteiger partial charge in [-0.15, -0.1) is 10.6 Å². The summed E-state index contributed by atoms with van der Waals surface area (Å²) in [5.74, 6) is 0.912. The van der Waals surface area contributed by atoms with Crippen molar-refractivity contribution in [3.63, 3.8) is 0 Å². The lowest BCUT2D eigenvalue weighted by Crippen LogP contribution is -2.51. The van der Waals surface area contributed by atoms with Crippen LogP contribution in [0.1, 0.15) is 100 Å². The highest BCUT2D eigenvalue weighted by molar-refractivity contribution is 6.47. The van der Waals surface area contributed by atoms with E-state index in [1.165, 1.54) is 0 Å². The molecular formula is C37H45ClN8O2. The summed E-state index contributed by atoms with van der Waals surface area (Å²) in [6.45, 7) is 9.37. The lowest BCUT2D eigenvalue weighted by molar-refractivity contribution is -0.133. The molecule has 2 aromatic carbocycles. The van der Waals surface area contributed by atoms with Crippen molar-refractivity contribution < 1.29 is 9.59 Å². The van der Waals surface area contributed by atoms with Gasteiger partial charge in [-0.25, -0.2) is 10.5 Å². The maximum absolute atomic E-state index is 14.8. The third kappa shape index (κ3) is 7.10. The molecule has 3 heterocycles. The number of nitrogens with one attached hydrogen (secondary N) is 4. The number of hydrazine groups is 2. The summed E-state index contributed by atoms with van der Waals surface area (Å²) in [5.41, 5.74) is 12.4. The molecule has 0 unspecified atom stereocenters. The molecule has 48 heavy (non-hydrogen) atoms. The van der Waals surface area contributed by atoms with Crippen LogP contribution < -0.4 is 21.8 Å². The molecule has 3 aliphatic rings. The van der Waals surface area contributed by atoms with Crippen LogP contribution in [0.3, 0.4) is 0 Å². The largest absolute Gasteiger partial charge is 0.345 e. The highest BCUT2D eigenvalue weighted by Gasteiger charge is 2.52. The molecule has 0 radical (unpaired) electrons. The lowest BCUT2D eigenvalue weighted by atomic mass is 9.69. The zero-order valence-electron chi connectivity index (χ0n) is 28.1. The number of pyridine rings is 1. The van der Waals surface area contributed by atoms with E-state index in [9.17, 15) is 9.59 Å². The summed E-state index contributed by atoms with van der Waals surface area (Å²) in [5, 5.41) is 7.31. The third-order valence-corrected chi connectivity index (χ3v) is 10.2. The molecule has 2 aliphatic heterocycles. The second-order valence-corrected chi connectivity index (χ2v) is 14.5. The molecule has 2 amide bonds. The molecule has 1 atom stereocenters. The van der Waals surface area contributed by atoms with Gasteiger partial charge in [0, 0.05) is 17.3 Å². The van der Waals surface area contributed by atoms with E-state index in [0.717, 1.165) is 67.2 Å². The van der Waals surface area contributed by atoms with Gasteiger partial charge in [0.15, 0.2) is 5.84 Å². The van der Waals surface area contributed by atoms with E-state index < -0.39 is 5.66 Å². The first-order valence-corrected chi connectivity index (χ1v) is 17.3. The average molecular weight is 669 g/mol. The molecular weight excluding hydrogens is 624 g/mol.